The van der Waals surface area contributed by atoms with Gasteiger partial charge in [-0.3, -0.25) is 9.13 Å². The van der Waals surface area contributed by atoms with Crippen molar-refractivity contribution in [3.8, 4) is 33.6 Å². The van der Waals surface area contributed by atoms with Crippen LogP contribution in [-0.4, -0.2) is 9.13 Å². The number of hydrogen-bond acceptors (Lipinski definition) is 1. The van der Waals surface area contributed by atoms with Gasteiger partial charge in [0, 0.05) is 44.6 Å². The van der Waals surface area contributed by atoms with Crippen molar-refractivity contribution in [1.82, 2.24) is 9.13 Å². The van der Waals surface area contributed by atoms with Crippen LogP contribution in [0.4, 0.5) is 25.8 Å². The number of anilines is 3. The number of fused-ring (bicyclic) bond motifs is 5. The van der Waals surface area contributed by atoms with E-state index in [-0.39, 0.29) is 11.6 Å². The maximum Gasteiger partial charge on any atom is 0.131 e. The maximum absolute atomic E-state index is 14.2. The van der Waals surface area contributed by atoms with Crippen LogP contribution >= 0.6 is 0 Å². The minimum absolute atomic E-state index is 0.293. The van der Waals surface area contributed by atoms with Crippen LogP contribution in [0.3, 0.4) is 0 Å². The van der Waals surface area contributed by atoms with Gasteiger partial charge in [0.15, 0.2) is 0 Å². The largest absolute Gasteiger partial charge is 0.311 e. The average Bonchev–Trinajstić information content (AvgIpc) is 3.75. The Morgan fingerprint density at radius 1 is 0.345 bits per heavy atom. The first-order chi connectivity index (χ1) is 27.1. The number of hydrogen-bond donors (Lipinski definition) is 0. The van der Waals surface area contributed by atoms with Crippen LogP contribution in [0.5, 0.6) is 0 Å². The zero-order chi connectivity index (χ0) is 36.9. The molecule has 0 aliphatic carbocycles. The third-order valence-corrected chi connectivity index (χ3v) is 10.4. The summed E-state index contributed by atoms with van der Waals surface area (Å²) in [6.07, 6.45) is 0. The number of benzene rings is 8. The lowest BCUT2D eigenvalue weighted by atomic mass is 10.0. The van der Waals surface area contributed by atoms with Crippen molar-refractivity contribution in [2.75, 3.05) is 4.90 Å². The third kappa shape index (κ3) is 5.65. The third-order valence-electron chi connectivity index (χ3n) is 10.4. The first kappa shape index (κ1) is 32.4. The van der Waals surface area contributed by atoms with Gasteiger partial charge >= 0.3 is 0 Å². The molecule has 55 heavy (non-hydrogen) atoms. The van der Waals surface area contributed by atoms with Gasteiger partial charge in [0.1, 0.15) is 17.3 Å². The van der Waals surface area contributed by atoms with Gasteiger partial charge in [0.25, 0.3) is 0 Å². The fourth-order valence-corrected chi connectivity index (χ4v) is 7.89. The molecule has 0 aliphatic rings. The van der Waals surface area contributed by atoms with E-state index in [1.165, 1.54) is 35.4 Å². The summed E-state index contributed by atoms with van der Waals surface area (Å²) in [5.74, 6) is -0.588. The van der Waals surface area contributed by atoms with Gasteiger partial charge in [-0.2, -0.15) is 0 Å². The van der Waals surface area contributed by atoms with E-state index in [0.29, 0.717) is 0 Å². The van der Waals surface area contributed by atoms with Crippen LogP contribution in [0.25, 0.3) is 66.5 Å². The standard InChI is InChI=1S/C50H33F2N3/c51-38-20-28-43(29-21-38)54-47-14-8-7-13-45(47)49-46-33-37(19-32-48(46)55(50(49)54)44-30-22-39(52)23-31-44)36-17-26-42(27-18-36)53(40-11-5-2-6-12-40)41-24-15-35(16-25-41)34-9-3-1-4-10-34/h1-33H. The Labute approximate surface area is 317 Å². The summed E-state index contributed by atoms with van der Waals surface area (Å²) >= 11 is 0. The van der Waals surface area contributed by atoms with Crippen molar-refractivity contribution >= 4 is 49.9 Å². The van der Waals surface area contributed by atoms with E-state index in [4.69, 9.17) is 0 Å². The molecule has 0 spiro atoms. The second-order valence-electron chi connectivity index (χ2n) is 13.7. The number of para-hydroxylation sites is 2. The number of halogens is 2. The highest BCUT2D eigenvalue weighted by Gasteiger charge is 2.23. The molecule has 10 rings (SSSR count). The van der Waals surface area contributed by atoms with Crippen LogP contribution in [0, 0.1) is 11.6 Å². The van der Waals surface area contributed by atoms with Crippen molar-refractivity contribution in [2.45, 2.75) is 0 Å². The molecule has 0 radical (unpaired) electrons. The molecule has 0 fully saturated rings. The molecule has 0 saturated carbocycles. The van der Waals surface area contributed by atoms with Gasteiger partial charge in [-0.05, 0) is 125 Å². The average molecular weight is 714 g/mol. The van der Waals surface area contributed by atoms with Gasteiger partial charge in [-0.1, -0.05) is 97.1 Å². The molecular formula is C50H33F2N3. The van der Waals surface area contributed by atoms with Crippen LogP contribution in [-0.2, 0) is 0 Å². The summed E-state index contributed by atoms with van der Waals surface area (Å²) in [5.41, 5.74) is 12.3. The summed E-state index contributed by atoms with van der Waals surface area (Å²) in [4.78, 5) is 2.28. The molecule has 5 heteroatoms. The lowest BCUT2D eigenvalue weighted by molar-refractivity contribution is 0.627. The van der Waals surface area contributed by atoms with Gasteiger partial charge in [0.05, 0.1) is 11.0 Å². The van der Waals surface area contributed by atoms with Crippen LogP contribution in [0.1, 0.15) is 0 Å². The second-order valence-corrected chi connectivity index (χ2v) is 13.7. The molecule has 0 saturated heterocycles. The highest BCUT2D eigenvalue weighted by molar-refractivity contribution is 6.23. The Balaban J connectivity index is 1.11. The van der Waals surface area contributed by atoms with Gasteiger partial charge < -0.3 is 4.90 Å². The zero-order valence-electron chi connectivity index (χ0n) is 29.7. The molecule has 0 atom stereocenters. The Bertz CT molecular complexity index is 2950. The maximum atomic E-state index is 14.2. The summed E-state index contributed by atoms with van der Waals surface area (Å²) < 4.78 is 32.8. The number of nitrogens with zero attached hydrogens (tertiary/aromatic N) is 3. The molecular weight excluding hydrogens is 681 g/mol. The van der Waals surface area contributed by atoms with E-state index in [0.717, 1.165) is 72.4 Å². The molecule has 0 bridgehead atoms. The van der Waals surface area contributed by atoms with E-state index in [1.54, 1.807) is 24.3 Å². The summed E-state index contributed by atoms with van der Waals surface area (Å²) in [6.45, 7) is 0. The molecule has 2 heterocycles. The molecule has 0 amide bonds. The van der Waals surface area contributed by atoms with Crippen molar-refractivity contribution < 1.29 is 8.78 Å². The predicted octanol–water partition coefficient (Wildman–Crippen LogP) is 13.8. The Morgan fingerprint density at radius 2 is 0.782 bits per heavy atom. The summed E-state index contributed by atoms with van der Waals surface area (Å²) in [7, 11) is 0. The lowest BCUT2D eigenvalue weighted by Crippen LogP contribution is -2.09. The molecule has 0 aliphatic heterocycles. The lowest BCUT2D eigenvalue weighted by Gasteiger charge is -2.26. The van der Waals surface area contributed by atoms with Crippen LogP contribution in [0.15, 0.2) is 200 Å². The normalized spacial score (nSPS) is 11.5. The number of rotatable bonds is 7. The quantitative estimate of drug-likeness (QED) is 0.160. The Hall–Kier alpha value is -7.24. The first-order valence-corrected chi connectivity index (χ1v) is 18.3. The van der Waals surface area contributed by atoms with Gasteiger partial charge in [-0.15, -0.1) is 0 Å². The molecule has 2 aromatic heterocycles. The van der Waals surface area contributed by atoms with Crippen molar-refractivity contribution in [2.24, 2.45) is 0 Å². The second kappa shape index (κ2) is 13.3. The minimum atomic E-state index is -0.295. The molecule has 3 nitrogen and oxygen atoms in total. The topological polar surface area (TPSA) is 13.1 Å². The highest BCUT2D eigenvalue weighted by atomic mass is 19.1. The summed E-state index contributed by atoms with van der Waals surface area (Å²) in [5, 5.41) is 3.23. The van der Waals surface area contributed by atoms with E-state index < -0.39 is 0 Å². The smallest absolute Gasteiger partial charge is 0.131 e. The van der Waals surface area contributed by atoms with Crippen molar-refractivity contribution in [3.63, 3.8) is 0 Å². The summed E-state index contributed by atoms with van der Waals surface area (Å²) in [6, 6.07) is 66.3. The van der Waals surface area contributed by atoms with Crippen molar-refractivity contribution in [3.05, 3.63) is 212 Å². The monoisotopic (exact) mass is 713 g/mol. The van der Waals surface area contributed by atoms with Gasteiger partial charge in [0.2, 0.25) is 0 Å². The Morgan fingerprint density at radius 3 is 1.36 bits per heavy atom. The van der Waals surface area contributed by atoms with E-state index in [9.17, 15) is 8.78 Å². The zero-order valence-corrected chi connectivity index (χ0v) is 29.7. The molecule has 8 aromatic carbocycles. The van der Waals surface area contributed by atoms with Gasteiger partial charge in [-0.25, -0.2) is 8.78 Å². The first-order valence-electron chi connectivity index (χ1n) is 18.3. The van der Waals surface area contributed by atoms with E-state index in [2.05, 4.69) is 141 Å². The number of aromatic nitrogens is 2. The molecule has 0 N–H and O–H groups in total. The minimum Gasteiger partial charge on any atom is -0.311 e. The molecule has 0 unspecified atom stereocenters. The SMILES string of the molecule is Fc1ccc(-n2c3ccccc3c3c4cc(-c5ccc(N(c6ccccc6)c6ccc(-c7ccccc7)cc6)cc5)ccc4n(-c4ccc(F)cc4)c32)cc1. The fraction of sp³-hybridized carbons (Fsp3) is 0. The van der Waals surface area contributed by atoms with E-state index in [1.807, 2.05) is 24.3 Å². The Kier molecular flexibility index (Phi) is 7.85. The fourth-order valence-electron chi connectivity index (χ4n) is 7.89. The van der Waals surface area contributed by atoms with Crippen LogP contribution in [0.2, 0.25) is 0 Å². The van der Waals surface area contributed by atoms with Crippen molar-refractivity contribution in [1.29, 1.82) is 0 Å². The van der Waals surface area contributed by atoms with E-state index >= 15 is 0 Å². The molecule has 10 aromatic rings. The predicted molar refractivity (Wildman–Crippen MR) is 223 cm³/mol. The highest BCUT2D eigenvalue weighted by Crippen LogP contribution is 2.43. The van der Waals surface area contributed by atoms with Crippen LogP contribution < -0.4 is 4.90 Å². The molecule has 262 valence electrons.